The molecule has 0 amide bonds. The van der Waals surface area contributed by atoms with E-state index in [1.165, 1.54) is 0 Å². The van der Waals surface area contributed by atoms with Crippen LogP contribution in [0.15, 0.2) is 146 Å². The monoisotopic (exact) mass is 710 g/mol. The molecule has 3 aliphatic rings. The molecule has 5 aromatic carbocycles. The summed E-state index contributed by atoms with van der Waals surface area (Å²) in [5.41, 5.74) is 10.1. The van der Waals surface area contributed by atoms with Crippen LogP contribution in [-0.2, 0) is 30.6 Å². The van der Waals surface area contributed by atoms with Crippen LogP contribution in [0, 0.1) is 13.8 Å². The molecule has 0 fully saturated rings. The third kappa shape index (κ3) is 6.06. The first-order chi connectivity index (χ1) is 24.5. The summed E-state index contributed by atoms with van der Waals surface area (Å²) in [5, 5.41) is 0. The predicted octanol–water partition coefficient (Wildman–Crippen LogP) is 9.08. The number of nitrogens with zero attached hydrogens (tertiary/aromatic N) is 8. The van der Waals surface area contributed by atoms with Crippen molar-refractivity contribution in [1.82, 2.24) is 38.7 Å². The fourth-order valence-electron chi connectivity index (χ4n) is 6.41. The Morgan fingerprint density at radius 1 is 0.373 bits per heavy atom. The fourth-order valence-corrected chi connectivity index (χ4v) is 6.41. The predicted molar refractivity (Wildman–Crippen MR) is 201 cm³/mol. The number of fused-ring (bicyclic) bond motifs is 3. The van der Waals surface area contributed by atoms with Gasteiger partial charge in [-0.05, 0) is 50.2 Å². The molecule has 51 heavy (non-hydrogen) atoms. The van der Waals surface area contributed by atoms with Crippen molar-refractivity contribution in [2.24, 2.45) is 14.1 Å². The molecule has 0 saturated heterocycles. The maximum Gasteiger partial charge on any atom is 0.180 e. The van der Waals surface area contributed by atoms with E-state index in [9.17, 15) is 0 Å². The van der Waals surface area contributed by atoms with Crippen molar-refractivity contribution in [1.29, 1.82) is 0 Å². The molecule has 0 spiro atoms. The van der Waals surface area contributed by atoms with Crippen molar-refractivity contribution in [3.05, 3.63) is 157 Å². The van der Waals surface area contributed by atoms with Crippen LogP contribution >= 0.6 is 0 Å². The van der Waals surface area contributed by atoms with Gasteiger partial charge in [-0.2, -0.15) is 0 Å². The second-order valence-electron chi connectivity index (χ2n) is 12.2. The molecule has 0 N–H and O–H groups in total. The zero-order valence-corrected chi connectivity index (χ0v) is 29.7. The summed E-state index contributed by atoms with van der Waals surface area (Å²) in [4.78, 5) is 22.0. The Bertz CT molecular complexity index is 2330. The largest absolute Gasteiger partial charge is 0.284 e. The van der Waals surface area contributed by atoms with Gasteiger partial charge < -0.3 is 0 Å². The SMILES string of the molecule is Cc1c2nc(-c3ccccc3)c(-c3ccccc3)nc3c(C)n(C)n(-c4ccccc4)c-3nc3ccccc3nc-2n(-c2ccccc2)n1C.[Ni]. The summed E-state index contributed by atoms with van der Waals surface area (Å²) in [6, 6.07) is 49.1. The Hall–Kier alpha value is -6.05. The molecule has 0 aromatic heterocycles. The first kappa shape index (κ1) is 33.5. The van der Waals surface area contributed by atoms with Gasteiger partial charge in [0.15, 0.2) is 11.6 Å². The minimum atomic E-state index is 0. The van der Waals surface area contributed by atoms with Crippen LogP contribution in [0.25, 0.3) is 68.0 Å². The van der Waals surface area contributed by atoms with Gasteiger partial charge >= 0.3 is 0 Å². The zero-order valence-electron chi connectivity index (χ0n) is 28.8. The van der Waals surface area contributed by atoms with Crippen LogP contribution in [0.2, 0.25) is 0 Å². The van der Waals surface area contributed by atoms with Crippen molar-refractivity contribution in [3.8, 4) is 56.9 Å². The Kier molecular flexibility index (Phi) is 9.22. The van der Waals surface area contributed by atoms with Gasteiger partial charge in [-0.1, -0.05) is 109 Å². The molecule has 254 valence electrons. The van der Waals surface area contributed by atoms with Gasteiger partial charge in [-0.15, -0.1) is 0 Å². The van der Waals surface area contributed by atoms with Crippen LogP contribution in [0.5, 0.6) is 0 Å². The summed E-state index contributed by atoms with van der Waals surface area (Å²) in [6.07, 6.45) is 0. The number of rotatable bonds is 4. The van der Waals surface area contributed by atoms with Gasteiger partial charge in [0.25, 0.3) is 0 Å². The fraction of sp³-hybridized carbons (Fsp3) is 0.0952. The molecule has 8 rings (SSSR count). The van der Waals surface area contributed by atoms with Gasteiger partial charge in [-0.25, -0.2) is 29.3 Å². The van der Waals surface area contributed by atoms with Gasteiger partial charge in [0, 0.05) is 41.7 Å². The van der Waals surface area contributed by atoms with E-state index in [0.29, 0.717) is 11.6 Å². The summed E-state index contributed by atoms with van der Waals surface area (Å²) in [5.74, 6) is 1.39. The normalized spacial score (nSPS) is 11.0. The standard InChI is InChI=1S/C42H36N8.Ni/c1-29-37-41(49(47(29)3)33-23-13-7-14-24-33)43-35-27-17-18-28-36(35)44-42-38(30(2)48(4)50(42)34-25-15-8-16-26-34)46-40(32-21-11-6-12-22-32)39(45-37)31-19-9-5-10-20-31;/h5-28H,1-4H3;. The molecule has 8 nitrogen and oxygen atoms in total. The minimum Gasteiger partial charge on any atom is -0.284 e. The summed E-state index contributed by atoms with van der Waals surface area (Å²) < 4.78 is 8.44. The molecular formula is C42H36N8Ni. The molecular weight excluding hydrogens is 675 g/mol. The Labute approximate surface area is 306 Å². The quantitative estimate of drug-likeness (QED) is 0.171. The topological polar surface area (TPSA) is 71.3 Å². The molecule has 0 saturated carbocycles. The first-order valence-corrected chi connectivity index (χ1v) is 16.6. The van der Waals surface area contributed by atoms with Crippen molar-refractivity contribution in [3.63, 3.8) is 0 Å². The van der Waals surface area contributed by atoms with Crippen molar-refractivity contribution >= 4 is 11.0 Å². The molecule has 0 atom stereocenters. The van der Waals surface area contributed by atoms with Crippen molar-refractivity contribution in [2.75, 3.05) is 0 Å². The van der Waals surface area contributed by atoms with E-state index in [1.54, 1.807) is 0 Å². The van der Waals surface area contributed by atoms with Gasteiger partial charge in [-0.3, -0.25) is 9.36 Å². The maximum absolute atomic E-state index is 5.58. The number of aromatic nitrogens is 8. The van der Waals surface area contributed by atoms with Crippen LogP contribution < -0.4 is 0 Å². The maximum atomic E-state index is 5.58. The van der Waals surface area contributed by atoms with E-state index in [2.05, 4.69) is 81.1 Å². The number of hydrogen-bond acceptors (Lipinski definition) is 4. The van der Waals surface area contributed by atoms with Crippen LogP contribution in [0.4, 0.5) is 0 Å². The van der Waals surface area contributed by atoms with E-state index in [0.717, 1.165) is 67.7 Å². The molecule has 3 heterocycles. The molecule has 0 aliphatic carbocycles. The molecule has 0 bridgehead atoms. The molecule has 3 aliphatic heterocycles. The average molecular weight is 711 g/mol. The van der Waals surface area contributed by atoms with E-state index in [1.807, 2.05) is 111 Å². The van der Waals surface area contributed by atoms with E-state index >= 15 is 0 Å². The summed E-state index contributed by atoms with van der Waals surface area (Å²) in [6.45, 7) is 4.17. The third-order valence-electron chi connectivity index (χ3n) is 9.18. The van der Waals surface area contributed by atoms with Crippen LogP contribution in [0.1, 0.15) is 11.4 Å². The smallest absolute Gasteiger partial charge is 0.180 e. The molecule has 0 unspecified atom stereocenters. The van der Waals surface area contributed by atoms with Crippen LogP contribution in [0.3, 0.4) is 0 Å². The molecule has 5 aromatic rings. The van der Waals surface area contributed by atoms with Crippen LogP contribution in [-0.4, -0.2) is 38.7 Å². The van der Waals surface area contributed by atoms with Crippen molar-refractivity contribution in [2.45, 2.75) is 13.8 Å². The average Bonchev–Trinajstić information content (AvgIpc) is 3.53. The third-order valence-corrected chi connectivity index (χ3v) is 9.18. The summed E-state index contributed by atoms with van der Waals surface area (Å²) in [7, 11) is 4.09. The van der Waals surface area contributed by atoms with Gasteiger partial charge in [0.05, 0.1) is 45.2 Å². The molecule has 9 heteroatoms. The number of para-hydroxylation sites is 4. The van der Waals surface area contributed by atoms with Gasteiger partial charge in [0.2, 0.25) is 0 Å². The summed E-state index contributed by atoms with van der Waals surface area (Å²) >= 11 is 0. The first-order valence-electron chi connectivity index (χ1n) is 16.6. The van der Waals surface area contributed by atoms with E-state index < -0.39 is 0 Å². The van der Waals surface area contributed by atoms with Gasteiger partial charge in [0.1, 0.15) is 11.4 Å². The Morgan fingerprint density at radius 3 is 1.04 bits per heavy atom. The Balaban J connectivity index is 0.00000406. The molecule has 0 radical (unpaired) electrons. The second-order valence-corrected chi connectivity index (χ2v) is 12.2. The number of benzene rings is 5. The van der Waals surface area contributed by atoms with Crippen molar-refractivity contribution < 1.29 is 16.5 Å². The Morgan fingerprint density at radius 2 is 0.686 bits per heavy atom. The minimum absolute atomic E-state index is 0. The second kappa shape index (κ2) is 14.1. The number of hydrogen-bond donors (Lipinski definition) is 0. The zero-order chi connectivity index (χ0) is 34.2. The van der Waals surface area contributed by atoms with E-state index in [-0.39, 0.29) is 16.5 Å². The van der Waals surface area contributed by atoms with E-state index in [4.69, 9.17) is 19.9 Å².